The van der Waals surface area contributed by atoms with Gasteiger partial charge < -0.3 is 15.0 Å². The minimum atomic E-state index is -0.653. The standard InChI is InChI=1S/C23H22ClN3O4/c1-3-26(17-6-4-5-14(2)11-17)19(28)12-27-18-13-31-22(29)20(18)21(25-23(27)30)15-7-9-16(24)10-8-15/h4-11,21H,3,12-13H2,1-2H3,(H,25,30)/t21-/m0/s1. The van der Waals surface area contributed by atoms with Crippen molar-refractivity contribution < 1.29 is 19.1 Å². The van der Waals surface area contributed by atoms with Gasteiger partial charge in [0, 0.05) is 17.3 Å². The number of anilines is 1. The molecule has 31 heavy (non-hydrogen) atoms. The van der Waals surface area contributed by atoms with E-state index < -0.39 is 18.0 Å². The van der Waals surface area contributed by atoms with E-state index >= 15 is 0 Å². The van der Waals surface area contributed by atoms with Crippen LogP contribution >= 0.6 is 11.6 Å². The van der Waals surface area contributed by atoms with Crippen LogP contribution in [0.1, 0.15) is 24.1 Å². The Labute approximate surface area is 185 Å². The molecule has 0 spiro atoms. The number of benzene rings is 2. The summed E-state index contributed by atoms with van der Waals surface area (Å²) in [4.78, 5) is 41.4. The van der Waals surface area contributed by atoms with Gasteiger partial charge >= 0.3 is 12.0 Å². The molecule has 0 saturated carbocycles. The summed E-state index contributed by atoms with van der Waals surface area (Å²) in [6.45, 7) is 4.04. The maximum atomic E-state index is 13.1. The van der Waals surface area contributed by atoms with Crippen LogP contribution in [0.15, 0.2) is 59.8 Å². The van der Waals surface area contributed by atoms with Gasteiger partial charge in [0.15, 0.2) is 0 Å². The molecule has 2 heterocycles. The number of nitrogens with one attached hydrogen (secondary N) is 1. The Morgan fingerprint density at radius 1 is 1.23 bits per heavy atom. The number of rotatable bonds is 5. The van der Waals surface area contributed by atoms with Crippen LogP contribution in [0.25, 0.3) is 0 Å². The summed E-state index contributed by atoms with van der Waals surface area (Å²) in [6.07, 6.45) is 0. The van der Waals surface area contributed by atoms with Crippen molar-refractivity contribution in [3.63, 3.8) is 0 Å². The summed E-state index contributed by atoms with van der Waals surface area (Å²) >= 11 is 5.96. The molecule has 2 aromatic rings. The summed E-state index contributed by atoms with van der Waals surface area (Å²) in [5.74, 6) is -0.752. The average Bonchev–Trinajstić information content (AvgIpc) is 3.13. The molecule has 160 valence electrons. The van der Waals surface area contributed by atoms with Gasteiger partial charge in [-0.05, 0) is 49.2 Å². The number of hydrogen-bond donors (Lipinski definition) is 1. The SMILES string of the molecule is CCN(C(=O)CN1C(=O)N[C@@H](c2ccc(Cl)cc2)C2=C1COC2=O)c1cccc(C)c1. The van der Waals surface area contributed by atoms with Crippen LogP contribution in [-0.2, 0) is 14.3 Å². The van der Waals surface area contributed by atoms with Crippen molar-refractivity contribution in [2.75, 3.05) is 24.6 Å². The lowest BCUT2D eigenvalue weighted by Crippen LogP contribution is -2.51. The molecule has 3 amide bonds. The molecule has 1 N–H and O–H groups in total. The smallest absolute Gasteiger partial charge is 0.338 e. The zero-order valence-electron chi connectivity index (χ0n) is 17.2. The monoisotopic (exact) mass is 439 g/mol. The van der Waals surface area contributed by atoms with E-state index in [-0.39, 0.29) is 19.1 Å². The highest BCUT2D eigenvalue weighted by molar-refractivity contribution is 6.30. The molecule has 0 unspecified atom stereocenters. The van der Waals surface area contributed by atoms with E-state index in [4.69, 9.17) is 16.3 Å². The van der Waals surface area contributed by atoms with E-state index in [1.165, 1.54) is 4.90 Å². The first-order valence-corrected chi connectivity index (χ1v) is 10.4. The van der Waals surface area contributed by atoms with Crippen molar-refractivity contribution in [1.82, 2.24) is 10.2 Å². The number of amides is 3. The maximum Gasteiger partial charge on any atom is 0.338 e. The number of nitrogens with zero attached hydrogens (tertiary/aromatic N) is 2. The van der Waals surface area contributed by atoms with Crippen LogP contribution in [0.5, 0.6) is 0 Å². The fraction of sp³-hybridized carbons (Fsp3) is 0.261. The van der Waals surface area contributed by atoms with Gasteiger partial charge in [-0.2, -0.15) is 0 Å². The van der Waals surface area contributed by atoms with Crippen LogP contribution in [-0.4, -0.2) is 42.5 Å². The first kappa shape index (κ1) is 20.9. The summed E-state index contributed by atoms with van der Waals surface area (Å²) in [7, 11) is 0. The van der Waals surface area contributed by atoms with E-state index in [0.717, 1.165) is 11.3 Å². The van der Waals surface area contributed by atoms with Gasteiger partial charge in [-0.1, -0.05) is 35.9 Å². The van der Waals surface area contributed by atoms with Crippen molar-refractivity contribution in [3.8, 4) is 0 Å². The van der Waals surface area contributed by atoms with Crippen molar-refractivity contribution >= 4 is 35.2 Å². The number of hydrogen-bond acceptors (Lipinski definition) is 4. The van der Waals surface area contributed by atoms with E-state index in [9.17, 15) is 14.4 Å². The zero-order chi connectivity index (χ0) is 22.1. The molecule has 0 saturated heterocycles. The third kappa shape index (κ3) is 4.01. The molecule has 0 bridgehead atoms. The molecule has 8 heteroatoms. The first-order valence-electron chi connectivity index (χ1n) is 9.99. The number of esters is 1. The van der Waals surface area contributed by atoms with Gasteiger partial charge in [-0.25, -0.2) is 9.59 Å². The highest BCUT2D eigenvalue weighted by atomic mass is 35.5. The number of carbonyl (C=O) groups excluding carboxylic acids is 3. The second-order valence-corrected chi connectivity index (χ2v) is 7.87. The quantitative estimate of drug-likeness (QED) is 0.722. The van der Waals surface area contributed by atoms with E-state index in [0.29, 0.717) is 28.4 Å². The van der Waals surface area contributed by atoms with Crippen LogP contribution in [0.3, 0.4) is 0 Å². The Morgan fingerprint density at radius 3 is 2.65 bits per heavy atom. The lowest BCUT2D eigenvalue weighted by atomic mass is 9.96. The molecular weight excluding hydrogens is 418 g/mol. The van der Waals surface area contributed by atoms with Gasteiger partial charge in [0.05, 0.1) is 17.3 Å². The fourth-order valence-corrected chi connectivity index (χ4v) is 4.03. The number of cyclic esters (lactones) is 1. The number of urea groups is 1. The van der Waals surface area contributed by atoms with E-state index in [2.05, 4.69) is 5.32 Å². The van der Waals surface area contributed by atoms with Gasteiger partial charge in [0.1, 0.15) is 13.2 Å². The Balaban J connectivity index is 1.63. The summed E-state index contributed by atoms with van der Waals surface area (Å²) < 4.78 is 5.22. The number of ether oxygens (including phenoxy) is 1. The van der Waals surface area contributed by atoms with Crippen molar-refractivity contribution in [2.24, 2.45) is 0 Å². The minimum absolute atomic E-state index is 0.0461. The second-order valence-electron chi connectivity index (χ2n) is 7.43. The highest BCUT2D eigenvalue weighted by Gasteiger charge is 2.43. The third-order valence-electron chi connectivity index (χ3n) is 5.43. The largest absolute Gasteiger partial charge is 0.456 e. The number of likely N-dealkylation sites (N-methyl/N-ethyl adjacent to an activating group) is 1. The van der Waals surface area contributed by atoms with Crippen LogP contribution in [0.4, 0.5) is 10.5 Å². The van der Waals surface area contributed by atoms with Crippen LogP contribution in [0.2, 0.25) is 5.02 Å². The predicted octanol–water partition coefficient (Wildman–Crippen LogP) is 3.58. The molecule has 2 aliphatic heterocycles. The number of halogens is 1. The van der Waals surface area contributed by atoms with Crippen LogP contribution in [0, 0.1) is 6.92 Å². The molecule has 1 atom stereocenters. The van der Waals surface area contributed by atoms with Crippen molar-refractivity contribution in [1.29, 1.82) is 0 Å². The summed E-state index contributed by atoms with van der Waals surface area (Å²) in [5, 5.41) is 3.38. The molecule has 2 aromatic carbocycles. The molecule has 0 aromatic heterocycles. The molecule has 4 rings (SSSR count). The number of aryl methyl sites for hydroxylation is 1. The summed E-state index contributed by atoms with van der Waals surface area (Å²) in [5.41, 5.74) is 3.27. The molecular formula is C23H22ClN3O4. The summed E-state index contributed by atoms with van der Waals surface area (Å²) in [6, 6.07) is 13.4. The lowest BCUT2D eigenvalue weighted by Gasteiger charge is -2.33. The Morgan fingerprint density at radius 2 is 1.97 bits per heavy atom. The topological polar surface area (TPSA) is 79.0 Å². The Kier molecular flexibility index (Phi) is 5.69. The van der Waals surface area contributed by atoms with Gasteiger partial charge in [0.2, 0.25) is 5.91 Å². The first-order chi connectivity index (χ1) is 14.9. The van der Waals surface area contributed by atoms with Gasteiger partial charge in [-0.3, -0.25) is 9.69 Å². The molecule has 0 fully saturated rings. The molecule has 2 aliphatic rings. The Hall–Kier alpha value is -3.32. The Bertz CT molecular complexity index is 1080. The minimum Gasteiger partial charge on any atom is -0.456 e. The molecule has 0 aliphatic carbocycles. The van der Waals surface area contributed by atoms with Crippen molar-refractivity contribution in [2.45, 2.75) is 19.9 Å². The van der Waals surface area contributed by atoms with Gasteiger partial charge in [0.25, 0.3) is 0 Å². The normalized spacial score (nSPS) is 17.9. The van der Waals surface area contributed by atoms with E-state index in [1.807, 2.05) is 38.1 Å². The van der Waals surface area contributed by atoms with Crippen LogP contribution < -0.4 is 10.2 Å². The fourth-order valence-electron chi connectivity index (χ4n) is 3.90. The zero-order valence-corrected chi connectivity index (χ0v) is 18.0. The average molecular weight is 440 g/mol. The predicted molar refractivity (Wildman–Crippen MR) is 117 cm³/mol. The third-order valence-corrected chi connectivity index (χ3v) is 5.68. The van der Waals surface area contributed by atoms with Crippen molar-refractivity contribution in [3.05, 3.63) is 76.0 Å². The lowest BCUT2D eigenvalue weighted by molar-refractivity contribution is -0.136. The van der Waals surface area contributed by atoms with Gasteiger partial charge in [-0.15, -0.1) is 0 Å². The highest BCUT2D eigenvalue weighted by Crippen LogP contribution is 2.35. The molecule has 0 radical (unpaired) electrons. The molecule has 7 nitrogen and oxygen atoms in total. The van der Waals surface area contributed by atoms with E-state index in [1.54, 1.807) is 29.2 Å². The second kappa shape index (κ2) is 8.43. The maximum absolute atomic E-state index is 13.1. The number of carbonyl (C=O) groups is 3.